The maximum absolute atomic E-state index is 10.9. The SMILES string of the molecule is CCC(C#N)c1cc2c(c([N+](=O)[O-])c1)OCO2. The molecule has 88 valence electrons. The van der Waals surface area contributed by atoms with E-state index < -0.39 is 4.92 Å². The van der Waals surface area contributed by atoms with Crippen LogP contribution in [0.4, 0.5) is 5.69 Å². The molecule has 1 heterocycles. The summed E-state index contributed by atoms with van der Waals surface area (Å²) in [6, 6.07) is 5.12. The Bertz CT molecular complexity index is 507. The van der Waals surface area contributed by atoms with Gasteiger partial charge >= 0.3 is 5.69 Å². The van der Waals surface area contributed by atoms with Crippen molar-refractivity contribution < 1.29 is 14.4 Å². The van der Waals surface area contributed by atoms with E-state index in [-0.39, 0.29) is 24.1 Å². The standard InChI is InChI=1S/C11H10N2O4/c1-2-7(5-12)8-3-9(13(14)15)11-10(4-8)16-6-17-11/h3-4,7H,2,6H2,1H3. The normalized spacial score (nSPS) is 14.1. The summed E-state index contributed by atoms with van der Waals surface area (Å²) in [5.74, 6) is 0.109. The molecule has 0 aromatic heterocycles. The van der Waals surface area contributed by atoms with E-state index >= 15 is 0 Å². The topological polar surface area (TPSA) is 85.4 Å². The van der Waals surface area contributed by atoms with Gasteiger partial charge in [0.25, 0.3) is 0 Å². The largest absolute Gasteiger partial charge is 0.453 e. The zero-order chi connectivity index (χ0) is 12.4. The average molecular weight is 234 g/mol. The first kappa shape index (κ1) is 11.2. The fraction of sp³-hybridized carbons (Fsp3) is 0.364. The minimum Gasteiger partial charge on any atom is -0.453 e. The van der Waals surface area contributed by atoms with Crippen LogP contribution in [0.5, 0.6) is 11.5 Å². The van der Waals surface area contributed by atoms with Crippen molar-refractivity contribution in [2.75, 3.05) is 6.79 Å². The highest BCUT2D eigenvalue weighted by atomic mass is 16.7. The summed E-state index contributed by atoms with van der Waals surface area (Å²) in [6.45, 7) is 1.83. The number of nitriles is 1. The molecule has 0 aliphatic carbocycles. The molecular formula is C11H10N2O4. The molecule has 1 aromatic carbocycles. The Morgan fingerprint density at radius 1 is 1.59 bits per heavy atom. The Morgan fingerprint density at radius 2 is 2.35 bits per heavy atom. The molecule has 0 amide bonds. The smallest absolute Gasteiger partial charge is 0.315 e. The second-order valence-corrected chi connectivity index (χ2v) is 3.62. The second-order valence-electron chi connectivity index (χ2n) is 3.62. The van der Waals surface area contributed by atoms with Gasteiger partial charge in [0.05, 0.1) is 16.9 Å². The first-order chi connectivity index (χ1) is 8.17. The number of nitrogens with zero attached hydrogens (tertiary/aromatic N) is 2. The third kappa shape index (κ3) is 1.87. The van der Waals surface area contributed by atoms with Gasteiger partial charge in [0, 0.05) is 6.07 Å². The van der Waals surface area contributed by atoms with Gasteiger partial charge < -0.3 is 9.47 Å². The maximum Gasteiger partial charge on any atom is 0.315 e. The quantitative estimate of drug-likeness (QED) is 0.591. The highest BCUT2D eigenvalue weighted by Gasteiger charge is 2.28. The van der Waals surface area contributed by atoms with Crippen molar-refractivity contribution in [3.05, 3.63) is 27.8 Å². The lowest BCUT2D eigenvalue weighted by atomic mass is 9.97. The molecule has 0 bridgehead atoms. The maximum atomic E-state index is 10.9. The molecule has 1 aliphatic rings. The Kier molecular flexibility index (Phi) is 2.83. The first-order valence-corrected chi connectivity index (χ1v) is 5.15. The zero-order valence-corrected chi connectivity index (χ0v) is 9.17. The van der Waals surface area contributed by atoms with E-state index in [1.807, 2.05) is 6.92 Å². The number of hydrogen-bond donors (Lipinski definition) is 0. The van der Waals surface area contributed by atoms with Crippen LogP contribution in [-0.2, 0) is 0 Å². The molecule has 0 spiro atoms. The number of fused-ring (bicyclic) bond motifs is 1. The molecule has 1 aliphatic heterocycles. The summed E-state index contributed by atoms with van der Waals surface area (Å²) in [5, 5.41) is 19.9. The van der Waals surface area contributed by atoms with Gasteiger partial charge in [-0.3, -0.25) is 10.1 Å². The van der Waals surface area contributed by atoms with E-state index in [4.69, 9.17) is 14.7 Å². The minimum absolute atomic E-state index is 0.0248. The van der Waals surface area contributed by atoms with Crippen LogP contribution in [0.15, 0.2) is 12.1 Å². The highest BCUT2D eigenvalue weighted by Crippen LogP contribution is 2.43. The summed E-state index contributed by atoms with van der Waals surface area (Å²) >= 11 is 0. The molecular weight excluding hydrogens is 224 g/mol. The van der Waals surface area contributed by atoms with Crippen molar-refractivity contribution >= 4 is 5.69 Å². The molecule has 6 nitrogen and oxygen atoms in total. The van der Waals surface area contributed by atoms with Crippen LogP contribution in [0, 0.1) is 21.4 Å². The Labute approximate surface area is 97.5 Å². The molecule has 6 heteroatoms. The van der Waals surface area contributed by atoms with E-state index in [0.29, 0.717) is 17.7 Å². The molecule has 1 aromatic rings. The molecule has 2 rings (SSSR count). The van der Waals surface area contributed by atoms with Crippen LogP contribution in [0.25, 0.3) is 0 Å². The number of nitro benzene ring substituents is 1. The zero-order valence-electron chi connectivity index (χ0n) is 9.17. The third-order valence-electron chi connectivity index (χ3n) is 2.64. The van der Waals surface area contributed by atoms with Crippen LogP contribution in [0.1, 0.15) is 24.8 Å². The average Bonchev–Trinajstić information content (AvgIpc) is 2.77. The lowest BCUT2D eigenvalue weighted by Crippen LogP contribution is -1.97. The fourth-order valence-electron chi connectivity index (χ4n) is 1.75. The lowest BCUT2D eigenvalue weighted by Gasteiger charge is -2.07. The molecule has 0 fully saturated rings. The van der Waals surface area contributed by atoms with Crippen LogP contribution in [-0.4, -0.2) is 11.7 Å². The van der Waals surface area contributed by atoms with E-state index in [1.165, 1.54) is 6.07 Å². The van der Waals surface area contributed by atoms with Crippen molar-refractivity contribution in [2.45, 2.75) is 19.3 Å². The van der Waals surface area contributed by atoms with Gasteiger partial charge in [0.2, 0.25) is 12.5 Å². The molecule has 0 radical (unpaired) electrons. The van der Waals surface area contributed by atoms with Crippen LogP contribution < -0.4 is 9.47 Å². The summed E-state index contributed by atoms with van der Waals surface area (Å²) in [7, 11) is 0. The first-order valence-electron chi connectivity index (χ1n) is 5.15. The monoisotopic (exact) mass is 234 g/mol. The molecule has 0 N–H and O–H groups in total. The Hall–Kier alpha value is -2.29. The van der Waals surface area contributed by atoms with Crippen molar-refractivity contribution in [2.24, 2.45) is 0 Å². The number of rotatable bonds is 3. The summed E-state index contributed by atoms with van der Waals surface area (Å²) in [5.41, 5.74) is 0.439. The number of ether oxygens (including phenoxy) is 2. The van der Waals surface area contributed by atoms with Crippen LogP contribution >= 0.6 is 0 Å². The summed E-state index contributed by atoms with van der Waals surface area (Å²) < 4.78 is 10.2. The van der Waals surface area contributed by atoms with Gasteiger partial charge in [-0.05, 0) is 18.1 Å². The van der Waals surface area contributed by atoms with Gasteiger partial charge in [-0.25, -0.2) is 0 Å². The fourth-order valence-corrected chi connectivity index (χ4v) is 1.75. The molecule has 1 atom stereocenters. The third-order valence-corrected chi connectivity index (χ3v) is 2.64. The van der Waals surface area contributed by atoms with Crippen molar-refractivity contribution in [1.29, 1.82) is 5.26 Å². The van der Waals surface area contributed by atoms with Crippen LogP contribution in [0.2, 0.25) is 0 Å². The van der Waals surface area contributed by atoms with Gasteiger partial charge in [-0.2, -0.15) is 5.26 Å². The minimum atomic E-state index is -0.527. The van der Waals surface area contributed by atoms with Gasteiger partial charge in [-0.15, -0.1) is 0 Å². The number of nitro groups is 1. The predicted octanol–water partition coefficient (Wildman–Crippen LogP) is 2.34. The van der Waals surface area contributed by atoms with Gasteiger partial charge in [0.15, 0.2) is 5.75 Å². The Balaban J connectivity index is 2.54. The van der Waals surface area contributed by atoms with Crippen LogP contribution in [0.3, 0.4) is 0 Å². The Morgan fingerprint density at radius 3 is 2.94 bits per heavy atom. The molecule has 1 unspecified atom stereocenters. The summed E-state index contributed by atoms with van der Waals surface area (Å²) in [4.78, 5) is 10.4. The van der Waals surface area contributed by atoms with Gasteiger partial charge in [-0.1, -0.05) is 6.92 Å². The number of benzene rings is 1. The highest BCUT2D eigenvalue weighted by molar-refractivity contribution is 5.60. The molecule has 17 heavy (non-hydrogen) atoms. The van der Waals surface area contributed by atoms with E-state index in [2.05, 4.69) is 6.07 Å². The van der Waals surface area contributed by atoms with E-state index in [0.717, 1.165) is 0 Å². The van der Waals surface area contributed by atoms with E-state index in [1.54, 1.807) is 6.07 Å². The predicted molar refractivity (Wildman–Crippen MR) is 57.9 cm³/mol. The molecule has 0 saturated carbocycles. The van der Waals surface area contributed by atoms with Crippen molar-refractivity contribution in [3.8, 4) is 17.6 Å². The van der Waals surface area contributed by atoms with Crippen molar-refractivity contribution in [3.63, 3.8) is 0 Å². The van der Waals surface area contributed by atoms with Crippen molar-refractivity contribution in [1.82, 2.24) is 0 Å². The summed E-state index contributed by atoms with van der Waals surface area (Å²) in [6.07, 6.45) is 0.591. The second kappa shape index (κ2) is 4.29. The van der Waals surface area contributed by atoms with E-state index in [9.17, 15) is 10.1 Å². The van der Waals surface area contributed by atoms with Gasteiger partial charge in [0.1, 0.15) is 0 Å². The lowest BCUT2D eigenvalue weighted by molar-refractivity contribution is -0.385. The number of hydrogen-bond acceptors (Lipinski definition) is 5. The molecule has 0 saturated heterocycles.